The van der Waals surface area contributed by atoms with Gasteiger partial charge in [0.15, 0.2) is 5.13 Å². The van der Waals surface area contributed by atoms with Gasteiger partial charge in [-0.2, -0.15) is 0 Å². The number of carbonyl (C=O) groups excluding carboxylic acids is 1. The summed E-state index contributed by atoms with van der Waals surface area (Å²) in [5.74, 6) is -0.227. The summed E-state index contributed by atoms with van der Waals surface area (Å²) in [6.45, 7) is 0. The number of nitrogens with zero attached hydrogens (tertiary/aromatic N) is 1. The molecule has 2 rings (SSSR count). The Kier molecular flexibility index (Phi) is 3.36. The Balaban J connectivity index is 2.23. The predicted molar refractivity (Wildman–Crippen MR) is 63.5 cm³/mol. The summed E-state index contributed by atoms with van der Waals surface area (Å²) in [5, 5.41) is 3.08. The van der Waals surface area contributed by atoms with E-state index in [2.05, 4.69) is 10.3 Å². The quantitative estimate of drug-likeness (QED) is 0.860. The lowest BCUT2D eigenvalue weighted by Crippen LogP contribution is -2.11. The highest BCUT2D eigenvalue weighted by atomic mass is 35.5. The van der Waals surface area contributed by atoms with Gasteiger partial charge in [-0.3, -0.25) is 4.79 Å². The zero-order valence-electron chi connectivity index (χ0n) is 8.17. The van der Waals surface area contributed by atoms with E-state index in [1.807, 2.05) is 0 Å². The Hall–Kier alpha value is -1.20. The number of hydrogen-bond donors (Lipinski definition) is 1. The Bertz CT molecular complexity index is 529. The lowest BCUT2D eigenvalue weighted by molar-refractivity contribution is -0.115. The molecule has 0 aliphatic rings. The molecule has 0 atom stereocenters. The molecule has 0 unspecified atom stereocenters. The average molecular weight is 259 g/mol. The van der Waals surface area contributed by atoms with Gasteiger partial charge < -0.3 is 5.32 Å². The Morgan fingerprint density at radius 1 is 1.56 bits per heavy atom. The van der Waals surface area contributed by atoms with E-state index >= 15 is 0 Å². The molecule has 6 heteroatoms. The molecule has 0 saturated carbocycles. The largest absolute Gasteiger partial charge is 0.302 e. The fourth-order valence-electron chi connectivity index (χ4n) is 1.22. The summed E-state index contributed by atoms with van der Waals surface area (Å²) in [4.78, 5) is 15.4. The zero-order chi connectivity index (χ0) is 11.5. The zero-order valence-corrected chi connectivity index (χ0v) is 9.74. The van der Waals surface area contributed by atoms with Crippen molar-refractivity contribution in [3.05, 3.63) is 24.0 Å². The standard InChI is InChI=1S/C10H8ClFN2OS/c11-4-3-9(15)14-10-13-7-2-1-6(12)5-8(7)16-10/h1-2,5H,3-4H2,(H,13,14,15). The minimum atomic E-state index is -0.310. The number of amides is 1. The van der Waals surface area contributed by atoms with Crippen molar-refractivity contribution in [1.29, 1.82) is 0 Å². The first-order chi connectivity index (χ1) is 7.69. The van der Waals surface area contributed by atoms with Crippen molar-refractivity contribution >= 4 is 44.2 Å². The summed E-state index contributed by atoms with van der Waals surface area (Å²) in [5.41, 5.74) is 0.674. The number of rotatable bonds is 3. The van der Waals surface area contributed by atoms with Crippen molar-refractivity contribution in [1.82, 2.24) is 4.98 Å². The molecule has 84 valence electrons. The molecule has 1 heterocycles. The summed E-state index contributed by atoms with van der Waals surface area (Å²) >= 11 is 6.67. The summed E-state index contributed by atoms with van der Waals surface area (Å²) in [6, 6.07) is 4.31. The van der Waals surface area contributed by atoms with Crippen molar-refractivity contribution in [2.75, 3.05) is 11.2 Å². The van der Waals surface area contributed by atoms with Crippen LogP contribution in [0.1, 0.15) is 6.42 Å². The number of alkyl halides is 1. The molecular formula is C10H8ClFN2OS. The molecule has 0 saturated heterocycles. The van der Waals surface area contributed by atoms with Crippen LogP contribution < -0.4 is 5.32 Å². The first-order valence-corrected chi connectivity index (χ1v) is 5.96. The second-order valence-corrected chi connectivity index (χ2v) is 4.53. The van der Waals surface area contributed by atoms with Crippen LogP contribution in [0.15, 0.2) is 18.2 Å². The lowest BCUT2D eigenvalue weighted by Gasteiger charge is -1.96. The average Bonchev–Trinajstić information content (AvgIpc) is 2.59. The fourth-order valence-corrected chi connectivity index (χ4v) is 2.30. The molecule has 0 aliphatic carbocycles. The first-order valence-electron chi connectivity index (χ1n) is 4.61. The first kappa shape index (κ1) is 11.3. The van der Waals surface area contributed by atoms with Crippen molar-refractivity contribution in [2.45, 2.75) is 6.42 Å². The normalized spacial score (nSPS) is 10.6. The van der Waals surface area contributed by atoms with E-state index in [0.29, 0.717) is 15.3 Å². The van der Waals surface area contributed by atoms with Crippen LogP contribution in [0, 0.1) is 5.82 Å². The Labute approximate surface area is 100 Å². The molecule has 0 bridgehead atoms. The molecule has 3 nitrogen and oxygen atoms in total. The number of benzene rings is 1. The number of fused-ring (bicyclic) bond motifs is 1. The second kappa shape index (κ2) is 4.76. The van der Waals surface area contributed by atoms with Crippen molar-refractivity contribution in [3.63, 3.8) is 0 Å². The molecule has 16 heavy (non-hydrogen) atoms. The van der Waals surface area contributed by atoms with Crippen LogP contribution in [0.5, 0.6) is 0 Å². The summed E-state index contributed by atoms with van der Waals surface area (Å²) in [7, 11) is 0. The smallest absolute Gasteiger partial charge is 0.227 e. The molecule has 1 amide bonds. The third-order valence-corrected chi connectivity index (χ3v) is 3.04. The van der Waals surface area contributed by atoms with Gasteiger partial charge in [0.05, 0.1) is 10.2 Å². The van der Waals surface area contributed by atoms with Gasteiger partial charge in [-0.25, -0.2) is 9.37 Å². The maximum Gasteiger partial charge on any atom is 0.227 e. The van der Waals surface area contributed by atoms with Crippen molar-refractivity contribution in [3.8, 4) is 0 Å². The minimum absolute atomic E-state index is 0.186. The van der Waals surface area contributed by atoms with E-state index in [0.717, 1.165) is 0 Å². The maximum absolute atomic E-state index is 12.9. The number of aromatic nitrogens is 1. The number of hydrogen-bond acceptors (Lipinski definition) is 3. The van der Waals surface area contributed by atoms with Gasteiger partial charge in [-0.15, -0.1) is 11.6 Å². The van der Waals surface area contributed by atoms with Crippen molar-refractivity contribution in [2.24, 2.45) is 0 Å². The van der Waals surface area contributed by atoms with Crippen LogP contribution in [0.25, 0.3) is 10.2 Å². The van der Waals surface area contributed by atoms with Crippen LogP contribution in [0.3, 0.4) is 0 Å². The number of anilines is 1. The molecule has 1 aromatic carbocycles. The maximum atomic E-state index is 12.9. The molecule has 2 aromatic rings. The number of halogens is 2. The summed E-state index contributed by atoms with van der Waals surface area (Å²) < 4.78 is 13.6. The van der Waals surface area contributed by atoms with Gasteiger partial charge in [0.1, 0.15) is 5.82 Å². The van der Waals surface area contributed by atoms with Crippen LogP contribution in [0.4, 0.5) is 9.52 Å². The van der Waals surface area contributed by atoms with E-state index < -0.39 is 0 Å². The second-order valence-electron chi connectivity index (χ2n) is 3.12. The highest BCUT2D eigenvalue weighted by Gasteiger charge is 2.07. The van der Waals surface area contributed by atoms with Gasteiger partial charge in [0.25, 0.3) is 0 Å². The van der Waals surface area contributed by atoms with Gasteiger partial charge in [-0.1, -0.05) is 11.3 Å². The molecular weight excluding hydrogens is 251 g/mol. The molecule has 0 spiro atoms. The number of carbonyl (C=O) groups is 1. The monoisotopic (exact) mass is 258 g/mol. The summed E-state index contributed by atoms with van der Waals surface area (Å²) in [6.07, 6.45) is 0.242. The highest BCUT2D eigenvalue weighted by molar-refractivity contribution is 7.22. The van der Waals surface area contributed by atoms with Crippen LogP contribution in [0.2, 0.25) is 0 Å². The molecule has 1 aromatic heterocycles. The lowest BCUT2D eigenvalue weighted by atomic mass is 10.3. The van der Waals surface area contributed by atoms with Gasteiger partial charge in [-0.05, 0) is 18.2 Å². The molecule has 1 N–H and O–H groups in total. The van der Waals surface area contributed by atoms with Gasteiger partial charge in [0, 0.05) is 12.3 Å². The SMILES string of the molecule is O=C(CCCl)Nc1nc2ccc(F)cc2s1. The van der Waals surface area contributed by atoms with Gasteiger partial charge in [0.2, 0.25) is 5.91 Å². The third kappa shape index (κ3) is 2.48. The minimum Gasteiger partial charge on any atom is -0.302 e. The third-order valence-electron chi connectivity index (χ3n) is 1.92. The van der Waals surface area contributed by atoms with E-state index in [1.54, 1.807) is 6.07 Å². The Morgan fingerprint density at radius 3 is 3.12 bits per heavy atom. The van der Waals surface area contributed by atoms with E-state index in [9.17, 15) is 9.18 Å². The number of nitrogens with one attached hydrogen (secondary N) is 1. The predicted octanol–water partition coefficient (Wildman–Crippen LogP) is 3.00. The topological polar surface area (TPSA) is 42.0 Å². The molecule has 0 fully saturated rings. The highest BCUT2D eigenvalue weighted by Crippen LogP contribution is 2.26. The van der Waals surface area contributed by atoms with Crippen LogP contribution >= 0.6 is 22.9 Å². The van der Waals surface area contributed by atoms with E-state index in [-0.39, 0.29) is 24.0 Å². The number of thiazole rings is 1. The molecule has 0 aliphatic heterocycles. The van der Waals surface area contributed by atoms with E-state index in [4.69, 9.17) is 11.6 Å². The Morgan fingerprint density at radius 2 is 2.38 bits per heavy atom. The molecule has 0 radical (unpaired) electrons. The van der Waals surface area contributed by atoms with E-state index in [1.165, 1.54) is 23.5 Å². The van der Waals surface area contributed by atoms with Crippen LogP contribution in [-0.4, -0.2) is 16.8 Å². The van der Waals surface area contributed by atoms with Gasteiger partial charge >= 0.3 is 0 Å². The van der Waals surface area contributed by atoms with Crippen LogP contribution in [-0.2, 0) is 4.79 Å². The van der Waals surface area contributed by atoms with Crippen molar-refractivity contribution < 1.29 is 9.18 Å². The fraction of sp³-hybridized carbons (Fsp3) is 0.200.